The maximum Gasteiger partial charge on any atom is 0.243 e. The minimum absolute atomic E-state index is 0.0399. The predicted octanol–water partition coefficient (Wildman–Crippen LogP) is 4.19. The third-order valence-corrected chi connectivity index (χ3v) is 9.05. The number of fused-ring (bicyclic) bond motifs is 1. The van der Waals surface area contributed by atoms with E-state index in [0.29, 0.717) is 19.5 Å². The molecule has 204 valence electrons. The molecule has 4 unspecified atom stereocenters. The lowest BCUT2D eigenvalue weighted by atomic mass is 9.93. The third-order valence-electron chi connectivity index (χ3n) is 7.20. The molecule has 7 heteroatoms. The quantitative estimate of drug-likeness (QED) is 0.305. The lowest BCUT2D eigenvalue weighted by molar-refractivity contribution is 0.107. The van der Waals surface area contributed by atoms with Crippen molar-refractivity contribution in [3.63, 3.8) is 0 Å². The first kappa shape index (κ1) is 28.5. The molecule has 3 aromatic rings. The summed E-state index contributed by atoms with van der Waals surface area (Å²) in [6, 6.07) is 26.5. The monoisotopic (exact) mass is 536 g/mol. The standard InChI is InChI=1S/C31H40N2O4S/c1-23(2)21-33(38(36,37)28-14-7-4-8-15-28)22-27(34)18-25(17-24-11-5-3-6-12-24)20-32-30-19-26-13-9-10-16-29(26)31(30)35/h3-16,23,25,27,30-32,34-35H,17-22H2,1-2H3. The zero-order valence-electron chi connectivity index (χ0n) is 22.3. The Bertz CT molecular complexity index is 1250. The molecule has 38 heavy (non-hydrogen) atoms. The van der Waals surface area contributed by atoms with Gasteiger partial charge in [0, 0.05) is 19.1 Å². The minimum Gasteiger partial charge on any atom is -0.392 e. The first-order valence-electron chi connectivity index (χ1n) is 13.5. The van der Waals surface area contributed by atoms with Gasteiger partial charge in [0.2, 0.25) is 10.0 Å². The second kappa shape index (κ2) is 13.0. The van der Waals surface area contributed by atoms with Crippen LogP contribution in [-0.2, 0) is 22.9 Å². The van der Waals surface area contributed by atoms with Crippen LogP contribution >= 0.6 is 0 Å². The summed E-state index contributed by atoms with van der Waals surface area (Å²) in [6.45, 7) is 4.94. The molecule has 0 saturated carbocycles. The van der Waals surface area contributed by atoms with Gasteiger partial charge in [-0.3, -0.25) is 0 Å². The van der Waals surface area contributed by atoms with Gasteiger partial charge in [0.15, 0.2) is 0 Å². The van der Waals surface area contributed by atoms with Gasteiger partial charge in [-0.2, -0.15) is 4.31 Å². The van der Waals surface area contributed by atoms with Gasteiger partial charge >= 0.3 is 0 Å². The Kier molecular flexibility index (Phi) is 9.74. The second-order valence-electron chi connectivity index (χ2n) is 10.8. The van der Waals surface area contributed by atoms with Gasteiger partial charge in [0.05, 0.1) is 17.1 Å². The predicted molar refractivity (Wildman–Crippen MR) is 151 cm³/mol. The molecule has 3 aromatic carbocycles. The molecule has 0 spiro atoms. The van der Waals surface area contributed by atoms with E-state index in [1.54, 1.807) is 30.3 Å². The van der Waals surface area contributed by atoms with E-state index in [9.17, 15) is 18.6 Å². The smallest absolute Gasteiger partial charge is 0.243 e. The third kappa shape index (κ3) is 7.30. The van der Waals surface area contributed by atoms with E-state index in [4.69, 9.17) is 0 Å². The minimum atomic E-state index is -3.72. The van der Waals surface area contributed by atoms with Gasteiger partial charge in [-0.15, -0.1) is 0 Å². The number of hydrogen-bond acceptors (Lipinski definition) is 5. The van der Waals surface area contributed by atoms with Crippen LogP contribution in [0.25, 0.3) is 0 Å². The number of aliphatic hydroxyl groups is 2. The number of benzene rings is 3. The van der Waals surface area contributed by atoms with Crippen molar-refractivity contribution in [3.05, 3.63) is 102 Å². The van der Waals surface area contributed by atoms with Crippen molar-refractivity contribution in [1.29, 1.82) is 0 Å². The molecular weight excluding hydrogens is 496 g/mol. The molecule has 0 bridgehead atoms. The van der Waals surface area contributed by atoms with Crippen LogP contribution in [0.2, 0.25) is 0 Å². The number of hydrogen-bond donors (Lipinski definition) is 3. The van der Waals surface area contributed by atoms with E-state index in [1.807, 2.05) is 50.2 Å². The largest absolute Gasteiger partial charge is 0.392 e. The maximum atomic E-state index is 13.4. The van der Waals surface area contributed by atoms with E-state index < -0.39 is 22.2 Å². The molecule has 0 heterocycles. The summed E-state index contributed by atoms with van der Waals surface area (Å²) in [5.74, 6) is 0.177. The molecule has 0 amide bonds. The summed E-state index contributed by atoms with van der Waals surface area (Å²) in [5.41, 5.74) is 3.30. The Morgan fingerprint density at radius 1 is 0.921 bits per heavy atom. The van der Waals surface area contributed by atoms with Gasteiger partial charge in [-0.1, -0.05) is 86.6 Å². The van der Waals surface area contributed by atoms with Crippen LogP contribution < -0.4 is 5.32 Å². The Labute approximate surface area is 227 Å². The topological polar surface area (TPSA) is 89.9 Å². The molecule has 0 radical (unpaired) electrons. The normalized spacial score (nSPS) is 19.0. The molecule has 0 aliphatic heterocycles. The highest BCUT2D eigenvalue weighted by Gasteiger charge is 2.32. The van der Waals surface area contributed by atoms with Crippen molar-refractivity contribution in [1.82, 2.24) is 9.62 Å². The Balaban J connectivity index is 1.45. The summed E-state index contributed by atoms with van der Waals surface area (Å²) >= 11 is 0. The summed E-state index contributed by atoms with van der Waals surface area (Å²) in [4.78, 5) is 0.241. The SMILES string of the molecule is CC(C)CN(CC(O)CC(CNC1Cc2ccccc2C1O)Cc1ccccc1)S(=O)(=O)c1ccccc1. The summed E-state index contributed by atoms with van der Waals surface area (Å²) in [5, 5.41) is 25.6. The average Bonchev–Trinajstić information content (AvgIpc) is 3.23. The van der Waals surface area contributed by atoms with Crippen LogP contribution in [0.1, 0.15) is 43.1 Å². The van der Waals surface area contributed by atoms with Crippen LogP contribution in [-0.4, -0.2) is 54.7 Å². The number of nitrogens with one attached hydrogen (secondary N) is 1. The highest BCUT2D eigenvalue weighted by Crippen LogP contribution is 2.31. The van der Waals surface area contributed by atoms with E-state index in [2.05, 4.69) is 23.5 Å². The van der Waals surface area contributed by atoms with Crippen molar-refractivity contribution in [3.8, 4) is 0 Å². The molecule has 6 nitrogen and oxygen atoms in total. The fourth-order valence-electron chi connectivity index (χ4n) is 5.38. The zero-order valence-corrected chi connectivity index (χ0v) is 23.1. The van der Waals surface area contributed by atoms with Gasteiger partial charge in [-0.25, -0.2) is 8.42 Å². The van der Waals surface area contributed by atoms with E-state index in [1.165, 1.54) is 4.31 Å². The van der Waals surface area contributed by atoms with E-state index in [0.717, 1.165) is 29.5 Å². The summed E-state index contributed by atoms with van der Waals surface area (Å²) in [6.07, 6.45) is 0.557. The van der Waals surface area contributed by atoms with E-state index >= 15 is 0 Å². The Morgan fingerprint density at radius 3 is 2.21 bits per heavy atom. The summed E-state index contributed by atoms with van der Waals surface area (Å²) in [7, 11) is -3.72. The van der Waals surface area contributed by atoms with Gasteiger partial charge < -0.3 is 15.5 Å². The van der Waals surface area contributed by atoms with Crippen LogP contribution in [0, 0.1) is 11.8 Å². The van der Waals surface area contributed by atoms with Crippen molar-refractivity contribution >= 4 is 10.0 Å². The van der Waals surface area contributed by atoms with Crippen molar-refractivity contribution in [2.75, 3.05) is 19.6 Å². The number of sulfonamides is 1. The molecule has 0 aromatic heterocycles. The molecule has 0 fully saturated rings. The molecule has 3 N–H and O–H groups in total. The van der Waals surface area contributed by atoms with Crippen molar-refractivity contribution in [2.45, 2.75) is 56.3 Å². The van der Waals surface area contributed by atoms with Gasteiger partial charge in [0.1, 0.15) is 0 Å². The average molecular weight is 537 g/mol. The molecule has 1 aliphatic rings. The lowest BCUT2D eigenvalue weighted by Crippen LogP contribution is -2.42. The van der Waals surface area contributed by atoms with E-state index in [-0.39, 0.29) is 29.3 Å². The van der Waals surface area contributed by atoms with Crippen molar-refractivity contribution < 1.29 is 18.6 Å². The zero-order chi connectivity index (χ0) is 27.1. The fraction of sp³-hybridized carbons (Fsp3) is 0.419. The first-order chi connectivity index (χ1) is 18.2. The highest BCUT2D eigenvalue weighted by atomic mass is 32.2. The number of nitrogens with zero attached hydrogens (tertiary/aromatic N) is 1. The molecule has 4 atom stereocenters. The molecular formula is C31H40N2O4S. The van der Waals surface area contributed by atoms with Crippen LogP contribution in [0.3, 0.4) is 0 Å². The second-order valence-corrected chi connectivity index (χ2v) is 12.8. The van der Waals surface area contributed by atoms with Gasteiger partial charge in [-0.05, 0) is 66.5 Å². The number of aliphatic hydroxyl groups excluding tert-OH is 2. The molecule has 4 rings (SSSR count). The van der Waals surface area contributed by atoms with Crippen LogP contribution in [0.15, 0.2) is 89.8 Å². The first-order valence-corrected chi connectivity index (χ1v) is 14.9. The van der Waals surface area contributed by atoms with Crippen LogP contribution in [0.5, 0.6) is 0 Å². The van der Waals surface area contributed by atoms with Crippen molar-refractivity contribution in [2.24, 2.45) is 11.8 Å². The maximum absolute atomic E-state index is 13.4. The lowest BCUT2D eigenvalue weighted by Gasteiger charge is -2.29. The number of rotatable bonds is 13. The fourth-order valence-corrected chi connectivity index (χ4v) is 7.04. The van der Waals surface area contributed by atoms with Crippen LogP contribution in [0.4, 0.5) is 0 Å². The Hall–Kier alpha value is -2.55. The molecule has 0 saturated heterocycles. The van der Waals surface area contributed by atoms with Gasteiger partial charge in [0.25, 0.3) is 0 Å². The summed E-state index contributed by atoms with van der Waals surface area (Å²) < 4.78 is 28.2. The molecule has 1 aliphatic carbocycles. The highest BCUT2D eigenvalue weighted by molar-refractivity contribution is 7.89. The Morgan fingerprint density at radius 2 is 1.55 bits per heavy atom.